The Kier molecular flexibility index (Phi) is 5.78. The van der Waals surface area contributed by atoms with Crippen molar-refractivity contribution in [3.8, 4) is 11.4 Å². The lowest BCUT2D eigenvalue weighted by Crippen LogP contribution is -2.21. The van der Waals surface area contributed by atoms with Crippen LogP contribution in [-0.4, -0.2) is 38.7 Å². The Bertz CT molecular complexity index is 1010. The monoisotopic (exact) mass is 403 g/mol. The molecule has 2 heterocycles. The van der Waals surface area contributed by atoms with Crippen LogP contribution in [0.15, 0.2) is 24.3 Å². The normalized spacial score (nSPS) is 10.7. The molecule has 0 aliphatic heterocycles. The Hall–Kier alpha value is -3.14. The Morgan fingerprint density at radius 2 is 1.96 bits per heavy atom. The second kappa shape index (κ2) is 8.26. The summed E-state index contributed by atoms with van der Waals surface area (Å²) in [7, 11) is 0. The van der Waals surface area contributed by atoms with E-state index in [0.29, 0.717) is 16.1 Å². The number of amides is 1. The fourth-order valence-corrected chi connectivity index (χ4v) is 3.55. The molecule has 1 N–H and O–H groups in total. The third-order valence-corrected chi connectivity index (χ3v) is 5.08. The van der Waals surface area contributed by atoms with Crippen molar-refractivity contribution in [1.82, 2.24) is 20.2 Å². The molecule has 146 valence electrons. The molecule has 1 amide bonds. The van der Waals surface area contributed by atoms with Crippen LogP contribution in [0.1, 0.15) is 27.7 Å². The van der Waals surface area contributed by atoms with Crippen molar-refractivity contribution in [2.45, 2.75) is 27.3 Å². The summed E-state index contributed by atoms with van der Waals surface area (Å²) >= 11 is 1.30. The number of aromatic nitrogens is 4. The third kappa shape index (κ3) is 4.22. The van der Waals surface area contributed by atoms with Crippen molar-refractivity contribution in [3.05, 3.63) is 46.1 Å². The van der Waals surface area contributed by atoms with E-state index in [0.717, 1.165) is 15.2 Å². The number of halogens is 1. The van der Waals surface area contributed by atoms with E-state index in [4.69, 9.17) is 4.74 Å². The Labute approximate surface area is 164 Å². The van der Waals surface area contributed by atoms with Crippen LogP contribution in [0.2, 0.25) is 0 Å². The maximum absolute atomic E-state index is 13.0. The molecule has 0 atom stereocenters. The molecule has 0 bridgehead atoms. The summed E-state index contributed by atoms with van der Waals surface area (Å²) in [4.78, 5) is 26.6. The van der Waals surface area contributed by atoms with Crippen LogP contribution in [0.3, 0.4) is 0 Å². The highest BCUT2D eigenvalue weighted by Crippen LogP contribution is 2.33. The topological polar surface area (TPSA) is 99.0 Å². The lowest BCUT2D eigenvalue weighted by molar-refractivity contribution is -0.117. The predicted molar refractivity (Wildman–Crippen MR) is 102 cm³/mol. The molecule has 1 aromatic carbocycles. The molecule has 28 heavy (non-hydrogen) atoms. The first-order valence-electron chi connectivity index (χ1n) is 8.49. The predicted octanol–water partition coefficient (Wildman–Crippen LogP) is 2.97. The van der Waals surface area contributed by atoms with Crippen molar-refractivity contribution in [3.63, 3.8) is 0 Å². The van der Waals surface area contributed by atoms with Crippen LogP contribution in [0.5, 0.6) is 0 Å². The van der Waals surface area contributed by atoms with Crippen LogP contribution >= 0.6 is 11.3 Å². The number of hydrogen-bond donors (Lipinski definition) is 1. The van der Waals surface area contributed by atoms with E-state index < -0.39 is 11.9 Å². The van der Waals surface area contributed by atoms with Gasteiger partial charge in [0, 0.05) is 10.4 Å². The molecule has 3 aromatic rings. The van der Waals surface area contributed by atoms with Crippen LogP contribution in [0.4, 0.5) is 9.39 Å². The fraction of sp³-hybridized carbons (Fsp3) is 0.278. The van der Waals surface area contributed by atoms with Crippen molar-refractivity contribution in [2.75, 3.05) is 11.9 Å². The number of carbonyl (C=O) groups is 2. The Morgan fingerprint density at radius 3 is 2.64 bits per heavy atom. The molecule has 0 aliphatic rings. The number of aryl methyl sites for hydroxylation is 1. The summed E-state index contributed by atoms with van der Waals surface area (Å²) in [5, 5.41) is 15.0. The van der Waals surface area contributed by atoms with Gasteiger partial charge in [0.2, 0.25) is 11.7 Å². The van der Waals surface area contributed by atoms with Crippen molar-refractivity contribution in [1.29, 1.82) is 0 Å². The standard InChI is InChI=1S/C18H18FN5O3S/c1-4-27-18(26)15-10(2)11(3)28-17(15)20-14(25)9-24-22-16(21-23-24)12-5-7-13(19)8-6-12/h5-8H,4,9H2,1-3H3,(H,20,25). The van der Waals surface area contributed by atoms with E-state index in [9.17, 15) is 14.0 Å². The highest BCUT2D eigenvalue weighted by Gasteiger charge is 2.22. The minimum Gasteiger partial charge on any atom is -0.462 e. The maximum Gasteiger partial charge on any atom is 0.341 e. The number of carbonyl (C=O) groups excluding carboxylic acids is 2. The number of thiophene rings is 1. The van der Waals surface area contributed by atoms with Crippen molar-refractivity contribution < 1.29 is 18.7 Å². The summed E-state index contributed by atoms with van der Waals surface area (Å²) in [6.07, 6.45) is 0. The van der Waals surface area contributed by atoms with Gasteiger partial charge in [0.05, 0.1) is 12.2 Å². The highest BCUT2D eigenvalue weighted by molar-refractivity contribution is 7.16. The molecule has 0 unspecified atom stereocenters. The van der Waals surface area contributed by atoms with E-state index >= 15 is 0 Å². The van der Waals surface area contributed by atoms with Gasteiger partial charge in [-0.3, -0.25) is 4.79 Å². The SMILES string of the molecule is CCOC(=O)c1c(NC(=O)Cn2nnc(-c3ccc(F)cc3)n2)sc(C)c1C. The average Bonchev–Trinajstić information content (AvgIpc) is 3.20. The van der Waals surface area contributed by atoms with Gasteiger partial charge >= 0.3 is 5.97 Å². The minimum absolute atomic E-state index is 0.188. The smallest absolute Gasteiger partial charge is 0.341 e. The molecular formula is C18H18FN5O3S. The van der Waals surface area contributed by atoms with Crippen molar-refractivity contribution >= 4 is 28.2 Å². The Morgan fingerprint density at radius 1 is 1.25 bits per heavy atom. The zero-order valence-corrected chi connectivity index (χ0v) is 16.3. The first-order chi connectivity index (χ1) is 13.4. The van der Waals surface area contributed by atoms with E-state index in [1.165, 1.54) is 35.6 Å². The van der Waals surface area contributed by atoms with Gasteiger partial charge in [-0.15, -0.1) is 21.5 Å². The van der Waals surface area contributed by atoms with E-state index in [1.54, 1.807) is 6.92 Å². The lowest BCUT2D eigenvalue weighted by atomic mass is 10.1. The molecule has 0 saturated carbocycles. The highest BCUT2D eigenvalue weighted by atomic mass is 32.1. The molecule has 0 aliphatic carbocycles. The lowest BCUT2D eigenvalue weighted by Gasteiger charge is -2.06. The van der Waals surface area contributed by atoms with Gasteiger partial charge in [0.25, 0.3) is 0 Å². The molecule has 0 saturated heterocycles. The van der Waals surface area contributed by atoms with Gasteiger partial charge in [0.1, 0.15) is 17.4 Å². The van der Waals surface area contributed by atoms with Gasteiger partial charge < -0.3 is 10.1 Å². The van der Waals surface area contributed by atoms with E-state index in [2.05, 4.69) is 20.7 Å². The van der Waals surface area contributed by atoms with Gasteiger partial charge in [0.15, 0.2) is 0 Å². The zero-order chi connectivity index (χ0) is 20.3. The van der Waals surface area contributed by atoms with Gasteiger partial charge in [-0.2, -0.15) is 4.80 Å². The number of tetrazole rings is 1. The minimum atomic E-state index is -0.475. The van der Waals surface area contributed by atoms with E-state index in [1.807, 2.05) is 13.8 Å². The maximum atomic E-state index is 13.0. The first kappa shape index (κ1) is 19.6. The molecule has 10 heteroatoms. The number of rotatable bonds is 6. The average molecular weight is 403 g/mol. The molecule has 0 fully saturated rings. The first-order valence-corrected chi connectivity index (χ1v) is 9.31. The number of nitrogens with one attached hydrogen (secondary N) is 1. The summed E-state index contributed by atoms with van der Waals surface area (Å²) in [5.74, 6) is -0.968. The van der Waals surface area contributed by atoms with Crippen LogP contribution in [0.25, 0.3) is 11.4 Å². The van der Waals surface area contributed by atoms with E-state index in [-0.39, 0.29) is 24.8 Å². The summed E-state index contributed by atoms with van der Waals surface area (Å²) in [5.41, 5.74) is 1.72. The molecule has 3 rings (SSSR count). The van der Waals surface area contributed by atoms with Crippen LogP contribution in [0, 0.1) is 19.7 Å². The molecular weight excluding hydrogens is 385 g/mol. The molecule has 0 spiro atoms. The fourth-order valence-electron chi connectivity index (χ4n) is 2.48. The van der Waals surface area contributed by atoms with Gasteiger partial charge in [-0.05, 0) is 55.8 Å². The molecule has 2 aromatic heterocycles. The van der Waals surface area contributed by atoms with Gasteiger partial charge in [-0.25, -0.2) is 9.18 Å². The number of esters is 1. The third-order valence-electron chi connectivity index (χ3n) is 3.96. The summed E-state index contributed by atoms with van der Waals surface area (Å²) in [6, 6.07) is 5.64. The van der Waals surface area contributed by atoms with Crippen LogP contribution in [-0.2, 0) is 16.1 Å². The molecule has 0 radical (unpaired) electrons. The largest absolute Gasteiger partial charge is 0.462 e. The van der Waals surface area contributed by atoms with Crippen LogP contribution < -0.4 is 5.32 Å². The zero-order valence-electron chi connectivity index (χ0n) is 15.5. The quantitative estimate of drug-likeness (QED) is 0.636. The summed E-state index contributed by atoms with van der Waals surface area (Å²) < 4.78 is 18.1. The Balaban J connectivity index is 1.72. The second-order valence-corrected chi connectivity index (χ2v) is 7.13. The van der Waals surface area contributed by atoms with Crippen molar-refractivity contribution in [2.24, 2.45) is 0 Å². The van der Waals surface area contributed by atoms with Gasteiger partial charge in [-0.1, -0.05) is 0 Å². The summed E-state index contributed by atoms with van der Waals surface area (Å²) in [6.45, 7) is 5.45. The molecule has 8 nitrogen and oxygen atoms in total. The second-order valence-electron chi connectivity index (χ2n) is 5.91. The number of ether oxygens (including phenoxy) is 1. The number of hydrogen-bond acceptors (Lipinski definition) is 7. The number of benzene rings is 1. The number of anilines is 1. The number of nitrogens with zero attached hydrogens (tertiary/aromatic N) is 4.